The van der Waals surface area contributed by atoms with Crippen LogP contribution < -0.4 is 10.6 Å². The summed E-state index contributed by atoms with van der Waals surface area (Å²) >= 11 is 0. The molecule has 0 radical (unpaired) electrons. The zero-order valence-corrected chi connectivity index (χ0v) is 13.0. The van der Waals surface area contributed by atoms with Crippen molar-refractivity contribution in [1.82, 2.24) is 20.3 Å². The van der Waals surface area contributed by atoms with Crippen molar-refractivity contribution in [2.24, 2.45) is 0 Å². The SMILES string of the molecule is CCCCNc1nc(C)cc(C(=O)NCc2ccncc2)n1. The lowest BCUT2D eigenvalue weighted by Crippen LogP contribution is -2.24. The van der Waals surface area contributed by atoms with Crippen molar-refractivity contribution in [2.75, 3.05) is 11.9 Å². The molecular formula is C16H21N5O. The number of carbonyl (C=O) groups is 1. The van der Waals surface area contributed by atoms with Crippen LogP contribution in [0.1, 0.15) is 41.5 Å². The van der Waals surface area contributed by atoms with Crippen molar-refractivity contribution in [3.05, 3.63) is 47.5 Å². The van der Waals surface area contributed by atoms with Crippen LogP contribution in [0.15, 0.2) is 30.6 Å². The predicted octanol–water partition coefficient (Wildman–Crippen LogP) is 2.32. The van der Waals surface area contributed by atoms with E-state index in [-0.39, 0.29) is 5.91 Å². The lowest BCUT2D eigenvalue weighted by Gasteiger charge is -2.08. The number of hydrogen-bond donors (Lipinski definition) is 2. The number of nitrogens with zero attached hydrogens (tertiary/aromatic N) is 3. The van der Waals surface area contributed by atoms with E-state index in [1.807, 2.05) is 19.1 Å². The molecule has 0 unspecified atom stereocenters. The second-order valence-corrected chi connectivity index (χ2v) is 5.04. The Kier molecular flexibility index (Phi) is 5.82. The first-order valence-corrected chi connectivity index (χ1v) is 7.45. The Bertz CT molecular complexity index is 615. The van der Waals surface area contributed by atoms with Gasteiger partial charge in [-0.05, 0) is 37.1 Å². The van der Waals surface area contributed by atoms with Gasteiger partial charge in [-0.1, -0.05) is 13.3 Å². The van der Waals surface area contributed by atoms with Crippen LogP contribution in [0.5, 0.6) is 0 Å². The Labute approximate surface area is 130 Å². The van der Waals surface area contributed by atoms with Gasteiger partial charge in [0.1, 0.15) is 5.69 Å². The monoisotopic (exact) mass is 299 g/mol. The summed E-state index contributed by atoms with van der Waals surface area (Å²) in [5.41, 5.74) is 2.14. The molecule has 22 heavy (non-hydrogen) atoms. The average Bonchev–Trinajstić information content (AvgIpc) is 2.53. The van der Waals surface area contributed by atoms with E-state index < -0.39 is 0 Å². The van der Waals surface area contributed by atoms with Crippen LogP contribution in [-0.2, 0) is 6.54 Å². The summed E-state index contributed by atoms with van der Waals surface area (Å²) in [5.74, 6) is 0.295. The minimum Gasteiger partial charge on any atom is -0.354 e. The Morgan fingerprint density at radius 2 is 2.00 bits per heavy atom. The Hall–Kier alpha value is -2.50. The second kappa shape index (κ2) is 8.07. The average molecular weight is 299 g/mol. The van der Waals surface area contributed by atoms with Gasteiger partial charge >= 0.3 is 0 Å². The maximum Gasteiger partial charge on any atom is 0.270 e. The molecule has 2 N–H and O–H groups in total. The molecule has 0 fully saturated rings. The molecule has 0 atom stereocenters. The highest BCUT2D eigenvalue weighted by atomic mass is 16.1. The Morgan fingerprint density at radius 1 is 1.23 bits per heavy atom. The minimum atomic E-state index is -0.208. The third-order valence-electron chi connectivity index (χ3n) is 3.10. The van der Waals surface area contributed by atoms with Crippen molar-refractivity contribution in [1.29, 1.82) is 0 Å². The fraction of sp³-hybridized carbons (Fsp3) is 0.375. The van der Waals surface area contributed by atoms with Crippen LogP contribution in [0.3, 0.4) is 0 Å². The number of pyridine rings is 1. The summed E-state index contributed by atoms with van der Waals surface area (Å²) in [5, 5.41) is 6.00. The number of anilines is 1. The molecule has 6 heteroatoms. The van der Waals surface area contributed by atoms with Gasteiger partial charge in [0.25, 0.3) is 5.91 Å². The van der Waals surface area contributed by atoms with Gasteiger partial charge in [0.15, 0.2) is 0 Å². The molecule has 0 aliphatic carbocycles. The van der Waals surface area contributed by atoms with E-state index in [1.165, 1.54) is 0 Å². The van der Waals surface area contributed by atoms with Gasteiger partial charge in [-0.25, -0.2) is 9.97 Å². The van der Waals surface area contributed by atoms with Gasteiger partial charge in [-0.3, -0.25) is 9.78 Å². The highest BCUT2D eigenvalue weighted by molar-refractivity contribution is 5.92. The summed E-state index contributed by atoms with van der Waals surface area (Å²) in [6.07, 6.45) is 5.54. The van der Waals surface area contributed by atoms with E-state index in [0.29, 0.717) is 18.2 Å². The number of hydrogen-bond acceptors (Lipinski definition) is 5. The summed E-state index contributed by atoms with van der Waals surface area (Å²) in [4.78, 5) is 24.7. The quantitative estimate of drug-likeness (QED) is 0.767. The molecule has 0 saturated carbocycles. The third kappa shape index (κ3) is 4.80. The zero-order valence-electron chi connectivity index (χ0n) is 13.0. The molecule has 2 rings (SSSR count). The molecule has 0 spiro atoms. The highest BCUT2D eigenvalue weighted by Gasteiger charge is 2.10. The van der Waals surface area contributed by atoms with Gasteiger partial charge in [0, 0.05) is 31.2 Å². The van der Waals surface area contributed by atoms with Crippen LogP contribution in [0.25, 0.3) is 0 Å². The van der Waals surface area contributed by atoms with E-state index >= 15 is 0 Å². The summed E-state index contributed by atoms with van der Waals surface area (Å²) in [7, 11) is 0. The van der Waals surface area contributed by atoms with Crippen molar-refractivity contribution < 1.29 is 4.79 Å². The topological polar surface area (TPSA) is 79.8 Å². The lowest BCUT2D eigenvalue weighted by molar-refractivity contribution is 0.0945. The molecule has 0 bridgehead atoms. The first kappa shape index (κ1) is 15.9. The van der Waals surface area contributed by atoms with Gasteiger partial charge in [-0.15, -0.1) is 0 Å². The molecule has 0 aliphatic heterocycles. The van der Waals surface area contributed by atoms with Gasteiger partial charge in [-0.2, -0.15) is 0 Å². The number of unbranched alkanes of at least 4 members (excludes halogenated alkanes) is 1. The fourth-order valence-corrected chi connectivity index (χ4v) is 1.91. The highest BCUT2D eigenvalue weighted by Crippen LogP contribution is 2.06. The fourth-order valence-electron chi connectivity index (χ4n) is 1.91. The maximum absolute atomic E-state index is 12.2. The number of rotatable bonds is 7. The first-order chi connectivity index (χ1) is 10.7. The molecule has 116 valence electrons. The van der Waals surface area contributed by atoms with E-state index in [1.54, 1.807) is 18.5 Å². The molecule has 2 aromatic rings. The van der Waals surface area contributed by atoms with Crippen molar-refractivity contribution >= 4 is 11.9 Å². The van der Waals surface area contributed by atoms with Crippen LogP contribution in [-0.4, -0.2) is 27.4 Å². The normalized spacial score (nSPS) is 10.3. The molecule has 6 nitrogen and oxygen atoms in total. The van der Waals surface area contributed by atoms with Gasteiger partial charge in [0.05, 0.1) is 0 Å². The molecule has 0 aromatic carbocycles. The standard InChI is InChI=1S/C16H21N5O/c1-3-4-7-18-16-20-12(2)10-14(21-16)15(22)19-11-13-5-8-17-9-6-13/h5-6,8-10H,3-4,7,11H2,1-2H3,(H,19,22)(H,18,20,21). The van der Waals surface area contributed by atoms with Gasteiger partial charge in [0.2, 0.25) is 5.95 Å². The molecule has 2 heterocycles. The van der Waals surface area contributed by atoms with Crippen LogP contribution in [0.2, 0.25) is 0 Å². The molecular weight excluding hydrogens is 278 g/mol. The first-order valence-electron chi connectivity index (χ1n) is 7.45. The van der Waals surface area contributed by atoms with E-state index in [4.69, 9.17) is 0 Å². The number of amides is 1. The summed E-state index contributed by atoms with van der Waals surface area (Å²) < 4.78 is 0. The molecule has 0 saturated heterocycles. The molecule has 1 amide bonds. The molecule has 2 aromatic heterocycles. The molecule has 0 aliphatic rings. The van der Waals surface area contributed by atoms with Crippen molar-refractivity contribution in [3.8, 4) is 0 Å². The van der Waals surface area contributed by atoms with E-state index in [0.717, 1.165) is 30.6 Å². The predicted molar refractivity (Wildman–Crippen MR) is 85.6 cm³/mol. The largest absolute Gasteiger partial charge is 0.354 e. The van der Waals surface area contributed by atoms with E-state index in [9.17, 15) is 4.79 Å². The summed E-state index contributed by atoms with van der Waals surface area (Å²) in [6.45, 7) is 5.23. The van der Waals surface area contributed by atoms with Gasteiger partial charge < -0.3 is 10.6 Å². The second-order valence-electron chi connectivity index (χ2n) is 5.04. The number of carbonyl (C=O) groups excluding carboxylic acids is 1. The lowest BCUT2D eigenvalue weighted by atomic mass is 10.2. The third-order valence-corrected chi connectivity index (χ3v) is 3.10. The Balaban J connectivity index is 1.99. The van der Waals surface area contributed by atoms with Crippen LogP contribution in [0, 0.1) is 6.92 Å². The van der Waals surface area contributed by atoms with Crippen LogP contribution >= 0.6 is 0 Å². The smallest absolute Gasteiger partial charge is 0.270 e. The zero-order chi connectivity index (χ0) is 15.8. The van der Waals surface area contributed by atoms with E-state index in [2.05, 4.69) is 32.5 Å². The van der Waals surface area contributed by atoms with Crippen molar-refractivity contribution in [3.63, 3.8) is 0 Å². The Morgan fingerprint density at radius 3 is 2.73 bits per heavy atom. The maximum atomic E-state index is 12.2. The number of aromatic nitrogens is 3. The van der Waals surface area contributed by atoms with Crippen LogP contribution in [0.4, 0.5) is 5.95 Å². The summed E-state index contributed by atoms with van der Waals surface area (Å²) in [6, 6.07) is 5.42. The number of nitrogens with one attached hydrogen (secondary N) is 2. The minimum absolute atomic E-state index is 0.208. The van der Waals surface area contributed by atoms with Crippen molar-refractivity contribution in [2.45, 2.75) is 33.2 Å². The number of aryl methyl sites for hydroxylation is 1.